The molecule has 2 N–H and O–H groups in total. The van der Waals surface area contributed by atoms with Crippen molar-refractivity contribution in [3.8, 4) is 17.8 Å². The minimum atomic E-state index is -0.752. The second kappa shape index (κ2) is 8.74. The summed E-state index contributed by atoms with van der Waals surface area (Å²) in [5, 5.41) is 31.3. The van der Waals surface area contributed by atoms with E-state index in [1.54, 1.807) is 31.3 Å². The van der Waals surface area contributed by atoms with Crippen LogP contribution in [-0.2, 0) is 17.9 Å². The van der Waals surface area contributed by atoms with Crippen LogP contribution in [0.5, 0.6) is 5.88 Å². The molecule has 164 valence electrons. The predicted octanol–water partition coefficient (Wildman–Crippen LogP) is 1.65. The molecule has 1 atom stereocenters. The Kier molecular flexibility index (Phi) is 5.85. The molecule has 0 amide bonds. The van der Waals surface area contributed by atoms with Gasteiger partial charge in [-0.15, -0.1) is 5.10 Å². The summed E-state index contributed by atoms with van der Waals surface area (Å²) in [6, 6.07) is 7.27. The van der Waals surface area contributed by atoms with Gasteiger partial charge in [0.25, 0.3) is 0 Å². The Morgan fingerprint density at radius 3 is 2.97 bits per heavy atom. The average Bonchev–Trinajstić information content (AvgIpc) is 3.40. The molecule has 0 aliphatic carbocycles. The maximum Gasteiger partial charge on any atom is 0.338 e. The topological polar surface area (TPSA) is 135 Å². The number of nitrogens with zero attached hydrogens (tertiary/aromatic N) is 5. The minimum absolute atomic E-state index is 0.234. The number of hydrogen-bond donors (Lipinski definition) is 2. The number of methoxy groups -OCH3 is 1. The van der Waals surface area contributed by atoms with Crippen molar-refractivity contribution in [1.29, 1.82) is 5.26 Å². The van der Waals surface area contributed by atoms with E-state index in [1.165, 1.54) is 11.8 Å². The molecule has 2 aromatic heterocycles. The Morgan fingerprint density at radius 1 is 1.41 bits per heavy atom. The molecule has 10 nitrogen and oxygen atoms in total. The van der Waals surface area contributed by atoms with Crippen molar-refractivity contribution >= 4 is 5.97 Å². The van der Waals surface area contributed by atoms with Crippen LogP contribution in [0, 0.1) is 25.2 Å². The summed E-state index contributed by atoms with van der Waals surface area (Å²) in [5.41, 5.74) is 4.77. The summed E-state index contributed by atoms with van der Waals surface area (Å²) in [5.74, 6) is 0.398. The van der Waals surface area contributed by atoms with Gasteiger partial charge < -0.3 is 19.9 Å². The molecule has 32 heavy (non-hydrogen) atoms. The van der Waals surface area contributed by atoms with Gasteiger partial charge >= 0.3 is 5.97 Å². The van der Waals surface area contributed by atoms with Crippen LogP contribution in [-0.4, -0.2) is 44.7 Å². The van der Waals surface area contributed by atoms with Gasteiger partial charge in [-0.3, -0.25) is 0 Å². The zero-order chi connectivity index (χ0) is 22.8. The van der Waals surface area contributed by atoms with Crippen LogP contribution in [0.25, 0.3) is 5.82 Å². The van der Waals surface area contributed by atoms with Crippen molar-refractivity contribution < 1.29 is 19.4 Å². The second-order valence-electron chi connectivity index (χ2n) is 7.48. The van der Waals surface area contributed by atoms with Crippen molar-refractivity contribution in [2.24, 2.45) is 0 Å². The van der Waals surface area contributed by atoms with Crippen molar-refractivity contribution in [3.05, 3.63) is 63.5 Å². The lowest BCUT2D eigenvalue weighted by Gasteiger charge is -2.16. The number of rotatable bonds is 7. The van der Waals surface area contributed by atoms with Gasteiger partial charge in [-0.1, -0.05) is 11.3 Å². The third-order valence-corrected chi connectivity index (χ3v) is 5.46. The zero-order valence-corrected chi connectivity index (χ0v) is 17.9. The number of carbonyl (C=O) groups excluding carboxylic acids is 1. The molecule has 0 unspecified atom stereocenters. The maximum atomic E-state index is 11.7. The summed E-state index contributed by atoms with van der Waals surface area (Å²) in [7, 11) is 1.46. The maximum absolute atomic E-state index is 11.7. The molecule has 3 aromatic rings. The molecule has 10 heteroatoms. The highest BCUT2D eigenvalue weighted by atomic mass is 16.5. The Balaban J connectivity index is 1.41. The second-order valence-corrected chi connectivity index (χ2v) is 7.48. The molecule has 1 aromatic carbocycles. The number of aryl methyl sites for hydroxylation is 1. The third kappa shape index (κ3) is 3.91. The predicted molar refractivity (Wildman–Crippen MR) is 112 cm³/mol. The van der Waals surface area contributed by atoms with Crippen LogP contribution in [0.4, 0.5) is 0 Å². The molecule has 1 aliphatic rings. The molecule has 1 aliphatic heterocycles. The lowest BCUT2D eigenvalue weighted by Crippen LogP contribution is -2.22. The summed E-state index contributed by atoms with van der Waals surface area (Å²) >= 11 is 0. The van der Waals surface area contributed by atoms with Gasteiger partial charge in [0.1, 0.15) is 18.2 Å². The van der Waals surface area contributed by atoms with Gasteiger partial charge in [0.15, 0.2) is 5.82 Å². The van der Waals surface area contributed by atoms with E-state index in [2.05, 4.69) is 26.7 Å². The number of ether oxygens (including phenoxy) is 2. The number of esters is 1. The highest BCUT2D eigenvalue weighted by molar-refractivity contribution is 5.93. The van der Waals surface area contributed by atoms with Gasteiger partial charge in [0.05, 0.1) is 30.7 Å². The van der Waals surface area contributed by atoms with E-state index in [9.17, 15) is 15.2 Å². The SMILES string of the molecule is COc1nc(-n2cc(CNC[C@H](O)c3ccc4c(c3C)COC4=O)nn2)cc(C)c1C#N. The fourth-order valence-electron chi connectivity index (χ4n) is 3.69. The molecule has 4 rings (SSSR count). The first-order chi connectivity index (χ1) is 15.4. The standard InChI is InChI=1S/C22H22N6O4/c1-12-6-20(25-21(31-3)17(12)7-23)28-10-14(26-27-28)8-24-9-19(29)15-4-5-16-18(13(15)2)11-32-22(16)30/h4-6,10,19,24,29H,8-9,11H2,1-3H3/t19-/m0/s1. The Bertz CT molecular complexity index is 1230. The molecule has 3 heterocycles. The van der Waals surface area contributed by atoms with Gasteiger partial charge in [0, 0.05) is 18.7 Å². The van der Waals surface area contributed by atoms with E-state index < -0.39 is 6.10 Å². The van der Waals surface area contributed by atoms with Crippen LogP contribution >= 0.6 is 0 Å². The van der Waals surface area contributed by atoms with Crippen molar-refractivity contribution in [3.63, 3.8) is 0 Å². The summed E-state index contributed by atoms with van der Waals surface area (Å²) in [6.45, 7) is 4.60. The van der Waals surface area contributed by atoms with Crippen LogP contribution < -0.4 is 10.1 Å². The normalized spacial score (nSPS) is 13.4. The van der Waals surface area contributed by atoms with Crippen LogP contribution in [0.3, 0.4) is 0 Å². The molecule has 0 saturated carbocycles. The largest absolute Gasteiger partial charge is 0.480 e. The van der Waals surface area contributed by atoms with E-state index in [0.717, 1.165) is 22.3 Å². The van der Waals surface area contributed by atoms with E-state index in [1.807, 2.05) is 6.92 Å². The van der Waals surface area contributed by atoms with Crippen LogP contribution in [0.1, 0.15) is 50.0 Å². The van der Waals surface area contributed by atoms with E-state index >= 15 is 0 Å². The zero-order valence-electron chi connectivity index (χ0n) is 17.9. The summed E-state index contributed by atoms with van der Waals surface area (Å²) in [6.07, 6.45) is 0.967. The lowest BCUT2D eigenvalue weighted by molar-refractivity contribution is 0.0535. The van der Waals surface area contributed by atoms with E-state index in [-0.39, 0.29) is 18.5 Å². The monoisotopic (exact) mass is 434 g/mol. The molecule has 0 fully saturated rings. The Hall–Kier alpha value is -3.81. The minimum Gasteiger partial charge on any atom is -0.480 e. The van der Waals surface area contributed by atoms with Crippen LogP contribution in [0.2, 0.25) is 0 Å². The molecule has 0 radical (unpaired) electrons. The fraction of sp³-hybridized carbons (Fsp3) is 0.318. The van der Waals surface area contributed by atoms with Crippen molar-refractivity contribution in [1.82, 2.24) is 25.3 Å². The van der Waals surface area contributed by atoms with Gasteiger partial charge in [-0.25, -0.2) is 9.48 Å². The number of nitriles is 1. The molecular weight excluding hydrogens is 412 g/mol. The summed E-state index contributed by atoms with van der Waals surface area (Å²) < 4.78 is 11.8. The molecule has 0 spiro atoms. The number of carbonyl (C=O) groups is 1. The van der Waals surface area contributed by atoms with E-state index in [0.29, 0.717) is 35.7 Å². The number of aliphatic hydroxyl groups is 1. The first-order valence-electron chi connectivity index (χ1n) is 9.98. The third-order valence-electron chi connectivity index (χ3n) is 5.46. The first-order valence-corrected chi connectivity index (χ1v) is 9.98. The van der Waals surface area contributed by atoms with Gasteiger partial charge in [-0.05, 0) is 42.7 Å². The quantitative estimate of drug-likeness (QED) is 0.532. The number of aromatic nitrogens is 4. The molecule has 0 bridgehead atoms. The number of nitrogens with one attached hydrogen (secondary N) is 1. The highest BCUT2D eigenvalue weighted by Crippen LogP contribution is 2.29. The van der Waals surface area contributed by atoms with E-state index in [4.69, 9.17) is 9.47 Å². The lowest BCUT2D eigenvalue weighted by atomic mass is 9.95. The number of fused-ring (bicyclic) bond motifs is 1. The van der Waals surface area contributed by atoms with Gasteiger partial charge in [-0.2, -0.15) is 10.2 Å². The number of benzene rings is 1. The first kappa shape index (κ1) is 21.4. The number of hydrogen-bond acceptors (Lipinski definition) is 9. The smallest absolute Gasteiger partial charge is 0.338 e. The van der Waals surface area contributed by atoms with Crippen LogP contribution in [0.15, 0.2) is 24.4 Å². The molecule has 0 saturated heterocycles. The highest BCUT2D eigenvalue weighted by Gasteiger charge is 2.25. The van der Waals surface area contributed by atoms with Crippen molar-refractivity contribution in [2.75, 3.05) is 13.7 Å². The number of cyclic esters (lactones) is 1. The van der Waals surface area contributed by atoms with Gasteiger partial charge in [0.2, 0.25) is 5.88 Å². The number of aliphatic hydroxyl groups excluding tert-OH is 1. The average molecular weight is 434 g/mol. The molecular formula is C22H22N6O4. The Labute approximate surface area is 184 Å². The fourth-order valence-corrected chi connectivity index (χ4v) is 3.69. The Morgan fingerprint density at radius 2 is 2.22 bits per heavy atom. The number of pyridine rings is 1. The van der Waals surface area contributed by atoms with Crippen molar-refractivity contribution in [2.45, 2.75) is 33.1 Å². The summed E-state index contributed by atoms with van der Waals surface area (Å²) in [4.78, 5) is 16.0.